The summed E-state index contributed by atoms with van der Waals surface area (Å²) in [7, 11) is 1.58. The summed E-state index contributed by atoms with van der Waals surface area (Å²) in [4.78, 5) is 28.4. The molecule has 2 amide bonds. The van der Waals surface area contributed by atoms with E-state index in [1.807, 2.05) is 45.0 Å². The Hall–Kier alpha value is -3.33. The van der Waals surface area contributed by atoms with E-state index in [2.05, 4.69) is 0 Å². The number of benzene rings is 2. The molecule has 2 aromatic rings. The van der Waals surface area contributed by atoms with Crippen LogP contribution in [0.15, 0.2) is 36.4 Å². The fraction of sp³-hybridized carbons (Fsp3) is 0.517. The molecule has 1 N–H and O–H groups in total. The second-order valence-electron chi connectivity index (χ2n) is 11.1. The zero-order valence-corrected chi connectivity index (χ0v) is 22.6. The Labute approximate surface area is 223 Å². The summed E-state index contributed by atoms with van der Waals surface area (Å²) >= 11 is 0. The highest BCUT2D eigenvalue weighted by Crippen LogP contribution is 2.40. The van der Waals surface area contributed by atoms with Gasteiger partial charge in [-0.05, 0) is 69.9 Å². The Bertz CT molecular complexity index is 1150. The van der Waals surface area contributed by atoms with Crippen LogP contribution in [0.5, 0.6) is 11.5 Å². The molecule has 0 atom stereocenters. The minimum absolute atomic E-state index is 0.0966. The number of aliphatic hydroxyl groups is 1. The lowest BCUT2D eigenvalue weighted by molar-refractivity contribution is -0.119. The fourth-order valence-corrected chi connectivity index (χ4v) is 4.90. The molecular weight excluding hydrogens is 491 g/mol. The summed E-state index contributed by atoms with van der Waals surface area (Å²) in [6.45, 7) is 6.74. The van der Waals surface area contributed by atoms with E-state index in [0.29, 0.717) is 49.4 Å². The van der Waals surface area contributed by atoms with Crippen LogP contribution in [0.4, 0.5) is 14.9 Å². The Morgan fingerprint density at radius 1 is 1.08 bits per heavy atom. The summed E-state index contributed by atoms with van der Waals surface area (Å²) in [6.07, 6.45) is 1.36. The van der Waals surface area contributed by atoms with Gasteiger partial charge in [-0.3, -0.25) is 4.79 Å². The Morgan fingerprint density at radius 2 is 1.76 bits per heavy atom. The number of rotatable bonds is 7. The molecule has 206 valence electrons. The molecule has 0 radical (unpaired) electrons. The van der Waals surface area contributed by atoms with Crippen LogP contribution >= 0.6 is 0 Å². The lowest BCUT2D eigenvalue weighted by Gasteiger charge is -2.41. The van der Waals surface area contributed by atoms with E-state index in [4.69, 9.17) is 14.2 Å². The number of hydrogen-bond acceptors (Lipinski definition) is 6. The third-order valence-corrected chi connectivity index (χ3v) is 7.20. The Morgan fingerprint density at radius 3 is 2.37 bits per heavy atom. The van der Waals surface area contributed by atoms with Gasteiger partial charge in [-0.1, -0.05) is 12.1 Å². The van der Waals surface area contributed by atoms with Gasteiger partial charge in [0.25, 0.3) is 0 Å². The summed E-state index contributed by atoms with van der Waals surface area (Å²) in [6, 6.07) is 10.2. The van der Waals surface area contributed by atoms with Gasteiger partial charge in [0.1, 0.15) is 22.9 Å². The molecule has 0 aliphatic carbocycles. The number of hydrogen-bond donors (Lipinski definition) is 1. The first-order valence-corrected chi connectivity index (χ1v) is 13.0. The minimum Gasteiger partial charge on any atom is -0.497 e. The predicted octanol–water partition coefficient (Wildman–Crippen LogP) is 4.70. The third-order valence-electron chi connectivity index (χ3n) is 7.20. The van der Waals surface area contributed by atoms with Gasteiger partial charge in [-0.25, -0.2) is 9.18 Å². The van der Waals surface area contributed by atoms with Crippen molar-refractivity contribution in [2.75, 3.05) is 38.3 Å². The zero-order chi connectivity index (χ0) is 27.5. The van der Waals surface area contributed by atoms with E-state index in [0.717, 1.165) is 5.56 Å². The van der Waals surface area contributed by atoms with Crippen molar-refractivity contribution >= 4 is 17.7 Å². The van der Waals surface area contributed by atoms with E-state index in [1.165, 1.54) is 11.0 Å². The van der Waals surface area contributed by atoms with Gasteiger partial charge >= 0.3 is 6.09 Å². The van der Waals surface area contributed by atoms with Crippen LogP contribution in [-0.2, 0) is 22.5 Å². The SMILES string of the molecule is COc1ccc(CN2C(=O)CCc3c(OCC4(CO)CCN(C(=O)OC(C)(C)C)CC4)ccc(F)c32)cc1. The van der Waals surface area contributed by atoms with Crippen molar-refractivity contribution < 1.29 is 33.3 Å². The molecule has 1 fully saturated rings. The molecule has 0 spiro atoms. The molecule has 2 heterocycles. The molecule has 2 aromatic carbocycles. The zero-order valence-electron chi connectivity index (χ0n) is 22.6. The van der Waals surface area contributed by atoms with Gasteiger partial charge in [0.05, 0.1) is 32.6 Å². The topological polar surface area (TPSA) is 88.5 Å². The maximum Gasteiger partial charge on any atom is 0.410 e. The van der Waals surface area contributed by atoms with E-state index >= 15 is 4.39 Å². The molecule has 8 nitrogen and oxygen atoms in total. The summed E-state index contributed by atoms with van der Waals surface area (Å²) in [5, 5.41) is 10.3. The average Bonchev–Trinajstić information content (AvgIpc) is 2.89. The number of amides is 2. The highest BCUT2D eigenvalue weighted by Gasteiger charge is 2.38. The van der Waals surface area contributed by atoms with Crippen molar-refractivity contribution in [1.29, 1.82) is 0 Å². The fourth-order valence-electron chi connectivity index (χ4n) is 4.90. The number of likely N-dealkylation sites (tertiary alicyclic amines) is 1. The molecule has 0 saturated carbocycles. The maximum absolute atomic E-state index is 15.1. The number of fused-ring (bicyclic) bond motifs is 1. The number of ether oxygens (including phenoxy) is 3. The number of halogens is 1. The van der Waals surface area contributed by atoms with Crippen molar-refractivity contribution in [1.82, 2.24) is 4.90 Å². The van der Waals surface area contributed by atoms with Crippen LogP contribution in [0.1, 0.15) is 51.2 Å². The van der Waals surface area contributed by atoms with Crippen LogP contribution < -0.4 is 14.4 Å². The standard InChI is InChI=1S/C29H37FN2O6/c1-28(2,3)38-27(35)31-15-13-29(18-33,14-16-31)19-37-24-11-10-23(30)26-22(24)9-12-25(34)32(26)17-20-5-7-21(36-4)8-6-20/h5-8,10-11,33H,9,12-19H2,1-4H3. The molecule has 2 aliphatic heterocycles. The van der Waals surface area contributed by atoms with Gasteiger partial charge < -0.3 is 29.1 Å². The van der Waals surface area contributed by atoms with E-state index in [9.17, 15) is 14.7 Å². The van der Waals surface area contributed by atoms with Crippen molar-refractivity contribution in [3.8, 4) is 11.5 Å². The van der Waals surface area contributed by atoms with Crippen LogP contribution in [0, 0.1) is 11.2 Å². The average molecular weight is 529 g/mol. The quantitative estimate of drug-likeness (QED) is 0.561. The minimum atomic E-state index is -0.573. The first-order chi connectivity index (χ1) is 18.0. The Kier molecular flexibility index (Phi) is 8.16. The smallest absolute Gasteiger partial charge is 0.410 e. The van der Waals surface area contributed by atoms with Crippen molar-refractivity contribution in [2.45, 2.75) is 58.6 Å². The lowest BCUT2D eigenvalue weighted by atomic mass is 9.80. The number of carbonyl (C=O) groups excluding carboxylic acids is 2. The number of methoxy groups -OCH3 is 1. The maximum atomic E-state index is 15.1. The van der Waals surface area contributed by atoms with Crippen LogP contribution in [0.3, 0.4) is 0 Å². The number of carbonyl (C=O) groups is 2. The summed E-state index contributed by atoms with van der Waals surface area (Å²) < 4.78 is 32.0. The first kappa shape index (κ1) is 27.7. The van der Waals surface area contributed by atoms with Gasteiger partial charge in [-0.2, -0.15) is 0 Å². The van der Waals surface area contributed by atoms with Gasteiger partial charge in [0.2, 0.25) is 5.91 Å². The molecular formula is C29H37FN2O6. The second-order valence-corrected chi connectivity index (χ2v) is 11.1. The largest absolute Gasteiger partial charge is 0.497 e. The first-order valence-electron chi connectivity index (χ1n) is 13.0. The van der Waals surface area contributed by atoms with Crippen LogP contribution in [0.25, 0.3) is 0 Å². The summed E-state index contributed by atoms with van der Waals surface area (Å²) in [5.74, 6) is 0.592. The monoisotopic (exact) mass is 528 g/mol. The predicted molar refractivity (Wildman–Crippen MR) is 141 cm³/mol. The molecule has 2 aliphatic rings. The number of aliphatic hydroxyl groups excluding tert-OH is 1. The van der Waals surface area contributed by atoms with Crippen LogP contribution in [-0.4, -0.2) is 61.0 Å². The van der Waals surface area contributed by atoms with Gasteiger partial charge in [0, 0.05) is 30.5 Å². The van der Waals surface area contributed by atoms with Crippen molar-refractivity contribution in [3.05, 3.63) is 53.3 Å². The normalized spacial score (nSPS) is 17.2. The molecule has 0 unspecified atom stereocenters. The molecule has 0 bridgehead atoms. The second kappa shape index (κ2) is 11.2. The molecule has 0 aromatic heterocycles. The number of nitrogens with zero attached hydrogens (tertiary/aromatic N) is 2. The highest BCUT2D eigenvalue weighted by molar-refractivity contribution is 5.97. The summed E-state index contributed by atoms with van der Waals surface area (Å²) in [5.41, 5.74) is 0.641. The third kappa shape index (κ3) is 6.20. The molecule has 4 rings (SSSR count). The van der Waals surface area contributed by atoms with Gasteiger partial charge in [-0.15, -0.1) is 0 Å². The van der Waals surface area contributed by atoms with Crippen molar-refractivity contribution in [2.24, 2.45) is 5.41 Å². The van der Waals surface area contributed by atoms with E-state index in [-0.39, 0.29) is 43.9 Å². The number of anilines is 1. The molecule has 38 heavy (non-hydrogen) atoms. The van der Waals surface area contributed by atoms with Crippen molar-refractivity contribution in [3.63, 3.8) is 0 Å². The lowest BCUT2D eigenvalue weighted by Crippen LogP contribution is -2.48. The van der Waals surface area contributed by atoms with E-state index in [1.54, 1.807) is 18.1 Å². The van der Waals surface area contributed by atoms with E-state index < -0.39 is 16.8 Å². The number of piperidine rings is 1. The van der Waals surface area contributed by atoms with Crippen LogP contribution in [0.2, 0.25) is 0 Å². The van der Waals surface area contributed by atoms with Gasteiger partial charge in [0.15, 0.2) is 0 Å². The molecule has 1 saturated heterocycles. The highest BCUT2D eigenvalue weighted by atomic mass is 19.1. The Balaban J connectivity index is 1.48. The molecule has 9 heteroatoms.